The van der Waals surface area contributed by atoms with E-state index < -0.39 is 8.41 Å². The van der Waals surface area contributed by atoms with Crippen molar-refractivity contribution in [2.24, 2.45) is 5.92 Å². The number of anilines is 2. The van der Waals surface area contributed by atoms with Crippen LogP contribution in [0.4, 0.5) is 15.5 Å². The number of aliphatic hydroxyl groups is 1. The zero-order valence-electron chi connectivity index (χ0n) is 22.8. The van der Waals surface area contributed by atoms with E-state index in [1.165, 1.54) is 0 Å². The van der Waals surface area contributed by atoms with Crippen LogP contribution in [-0.4, -0.2) is 59.8 Å². The van der Waals surface area contributed by atoms with Crippen molar-refractivity contribution in [1.29, 1.82) is 0 Å². The molecule has 2 aliphatic heterocycles. The van der Waals surface area contributed by atoms with Crippen LogP contribution in [0.1, 0.15) is 31.0 Å². The van der Waals surface area contributed by atoms with Crippen LogP contribution in [-0.2, 0) is 28.9 Å². The Bertz CT molecular complexity index is 1280. The predicted octanol–water partition coefficient (Wildman–Crippen LogP) is 4.84. The minimum absolute atomic E-state index is 0.0180. The molecular weight excluding hydrogens is 515 g/mol. The second kappa shape index (κ2) is 11.6. The summed E-state index contributed by atoms with van der Waals surface area (Å²) in [6.45, 7) is 6.36. The fourth-order valence-electron chi connectivity index (χ4n) is 6.09. The molecule has 3 aromatic rings. The number of nitrogens with zero attached hydrogens (tertiary/aromatic N) is 4. The fraction of sp³-hybridized carbons (Fsp3) is 0.483. The summed E-state index contributed by atoms with van der Waals surface area (Å²) in [5.74, 6) is 0.732. The third kappa shape index (κ3) is 6.07. The van der Waals surface area contributed by atoms with Gasteiger partial charge in [-0.05, 0) is 68.1 Å². The second-order valence-corrected chi connectivity index (χ2v) is 14.9. The maximum Gasteiger partial charge on any atom is 0.269 e. The van der Waals surface area contributed by atoms with E-state index in [1.54, 1.807) is 22.7 Å². The van der Waals surface area contributed by atoms with Crippen LogP contribution in [0.3, 0.4) is 0 Å². The minimum atomic E-state index is -2.96. The Labute approximate surface area is 229 Å². The van der Waals surface area contributed by atoms with Gasteiger partial charge in [-0.15, -0.1) is 5.10 Å². The van der Waals surface area contributed by atoms with Crippen molar-refractivity contribution < 1.29 is 23.5 Å². The number of rotatable bonds is 10. The van der Waals surface area contributed by atoms with Crippen molar-refractivity contribution in [2.75, 3.05) is 18.1 Å². The van der Waals surface area contributed by atoms with Gasteiger partial charge in [0, 0.05) is 37.0 Å². The third-order valence-electron chi connectivity index (χ3n) is 7.91. The summed E-state index contributed by atoms with van der Waals surface area (Å²) in [6.07, 6.45) is 4.44. The van der Waals surface area contributed by atoms with Crippen molar-refractivity contribution in [3.8, 4) is 5.75 Å². The predicted molar refractivity (Wildman–Crippen MR) is 149 cm³/mol. The first-order chi connectivity index (χ1) is 18.7. The van der Waals surface area contributed by atoms with E-state index in [9.17, 15) is 4.79 Å². The topological polar surface area (TPSA) is 89.7 Å². The van der Waals surface area contributed by atoms with Crippen LogP contribution < -0.4 is 9.64 Å². The number of aromatic nitrogens is 3. The molecule has 0 spiro atoms. The van der Waals surface area contributed by atoms with Gasteiger partial charge in [0.15, 0.2) is 6.61 Å². The summed E-state index contributed by atoms with van der Waals surface area (Å²) in [5.41, 5.74) is 3.38. The number of aryl methyl sites for hydroxylation is 2. The van der Waals surface area contributed by atoms with E-state index in [-0.39, 0.29) is 42.8 Å². The molecule has 39 heavy (non-hydrogen) atoms. The van der Waals surface area contributed by atoms with Gasteiger partial charge in [-0.2, -0.15) is 0 Å². The summed E-state index contributed by atoms with van der Waals surface area (Å²) in [6, 6.07) is 15.6. The van der Waals surface area contributed by atoms with Gasteiger partial charge < -0.3 is 18.7 Å². The summed E-state index contributed by atoms with van der Waals surface area (Å²) in [7, 11) is -2.96. The molecule has 1 fully saturated rings. The molecule has 2 aliphatic rings. The van der Waals surface area contributed by atoms with Gasteiger partial charge in [0.2, 0.25) is 8.41 Å². The average molecular weight is 553 g/mol. The van der Waals surface area contributed by atoms with Crippen molar-refractivity contribution in [3.63, 3.8) is 0 Å². The number of ether oxygens (including phenoxy) is 2. The van der Waals surface area contributed by atoms with Gasteiger partial charge in [0.25, 0.3) is 5.91 Å². The Morgan fingerprint density at radius 3 is 2.59 bits per heavy atom. The summed E-state index contributed by atoms with van der Waals surface area (Å²) >= 11 is 0. The first-order valence-corrected chi connectivity index (χ1v) is 16.7. The molecule has 0 aliphatic carbocycles. The van der Waals surface area contributed by atoms with E-state index in [2.05, 4.69) is 29.4 Å². The first-order valence-electron chi connectivity index (χ1n) is 13.7. The minimum Gasteiger partial charge on any atom is -0.482 e. The SMILES string of the molecule is C[C@H]1[C@H]([Si](C)(C)F)[C@@H](CCn2cc(CCO)nn2)O[C@H]1CCc1ccc(N2C(=O)COc3ccccc32)cc1. The fourth-order valence-corrected chi connectivity index (χ4v) is 8.69. The van der Waals surface area contributed by atoms with E-state index >= 15 is 4.11 Å². The van der Waals surface area contributed by atoms with E-state index in [4.69, 9.17) is 14.6 Å². The lowest BCUT2D eigenvalue weighted by Gasteiger charge is -2.29. The Hall–Kier alpha value is -3.08. The molecule has 1 aromatic heterocycles. The molecule has 0 bridgehead atoms. The lowest BCUT2D eigenvalue weighted by Crippen LogP contribution is -2.36. The molecule has 0 unspecified atom stereocenters. The molecule has 1 saturated heterocycles. The highest BCUT2D eigenvalue weighted by Gasteiger charge is 2.50. The Kier molecular flexibility index (Phi) is 8.15. The molecule has 0 saturated carbocycles. The molecule has 0 radical (unpaired) electrons. The van der Waals surface area contributed by atoms with E-state index in [1.807, 2.05) is 42.6 Å². The average Bonchev–Trinajstić information content (AvgIpc) is 3.50. The summed E-state index contributed by atoms with van der Waals surface area (Å²) in [5, 5.41) is 17.3. The molecule has 2 aromatic carbocycles. The van der Waals surface area contributed by atoms with Gasteiger partial charge in [0.1, 0.15) is 5.75 Å². The number of halogens is 1. The lowest BCUT2D eigenvalue weighted by atomic mass is 9.95. The number of hydrogen-bond acceptors (Lipinski definition) is 6. The van der Waals surface area contributed by atoms with Crippen LogP contribution >= 0.6 is 0 Å². The maximum atomic E-state index is 15.5. The molecule has 4 atom stereocenters. The monoisotopic (exact) mass is 552 g/mol. The van der Waals surface area contributed by atoms with Crippen molar-refractivity contribution in [2.45, 2.75) is 70.0 Å². The number of hydrogen-bond donors (Lipinski definition) is 1. The summed E-state index contributed by atoms with van der Waals surface area (Å²) < 4.78 is 29.3. The number of carbonyl (C=O) groups excluding carboxylic acids is 1. The van der Waals surface area contributed by atoms with Gasteiger partial charge in [0.05, 0.1) is 23.6 Å². The third-order valence-corrected chi connectivity index (χ3v) is 10.4. The van der Waals surface area contributed by atoms with Crippen LogP contribution in [0.2, 0.25) is 18.6 Å². The molecule has 10 heteroatoms. The standard InChI is InChI=1S/C29H37FN4O4Si/c1-20-25(38-27(29(20)39(2,3)30)14-16-33-18-22(15-17-35)31-32-33)13-10-21-8-11-23(12-9-21)34-24-6-4-5-7-26(24)37-19-28(34)36/h4-9,11-12,18,20,25,27,29,35H,10,13-17,19H2,1-3H3/t20-,25+,27-,29+/m1/s1. The van der Waals surface area contributed by atoms with Gasteiger partial charge >= 0.3 is 0 Å². The number of aliphatic hydroxyl groups excluding tert-OH is 1. The molecule has 1 amide bonds. The van der Waals surface area contributed by atoms with Crippen molar-refractivity contribution in [1.82, 2.24) is 15.0 Å². The maximum absolute atomic E-state index is 15.5. The van der Waals surface area contributed by atoms with E-state index in [0.29, 0.717) is 25.1 Å². The zero-order valence-corrected chi connectivity index (χ0v) is 23.8. The Morgan fingerprint density at radius 2 is 1.85 bits per heavy atom. The van der Waals surface area contributed by atoms with Gasteiger partial charge in [-0.25, -0.2) is 0 Å². The van der Waals surface area contributed by atoms with Gasteiger partial charge in [-0.3, -0.25) is 14.4 Å². The van der Waals surface area contributed by atoms with Crippen LogP contribution in [0, 0.1) is 5.92 Å². The first kappa shape index (κ1) is 27.5. The molecule has 8 nitrogen and oxygen atoms in total. The van der Waals surface area contributed by atoms with Crippen molar-refractivity contribution in [3.05, 3.63) is 66.0 Å². The molecule has 5 rings (SSSR count). The zero-order chi connectivity index (χ0) is 27.6. The Morgan fingerprint density at radius 1 is 1.08 bits per heavy atom. The number of amides is 1. The molecular formula is C29H37FN4O4Si. The lowest BCUT2D eigenvalue weighted by molar-refractivity contribution is -0.120. The van der Waals surface area contributed by atoms with E-state index in [0.717, 1.165) is 35.5 Å². The van der Waals surface area contributed by atoms with Crippen LogP contribution in [0.5, 0.6) is 5.75 Å². The van der Waals surface area contributed by atoms with Gasteiger partial charge in [-0.1, -0.05) is 36.4 Å². The molecule has 208 valence electrons. The molecule has 1 N–H and O–H groups in total. The highest BCUT2D eigenvalue weighted by molar-refractivity contribution is 6.72. The Balaban J connectivity index is 1.22. The highest BCUT2D eigenvalue weighted by atomic mass is 28.4. The summed E-state index contributed by atoms with van der Waals surface area (Å²) in [4.78, 5) is 14.3. The normalized spacial score (nSPS) is 23.1. The quantitative estimate of drug-likeness (QED) is 0.286. The number of benzene rings is 2. The number of carbonyl (C=O) groups is 1. The molecule has 3 heterocycles. The second-order valence-electron chi connectivity index (χ2n) is 11.1. The smallest absolute Gasteiger partial charge is 0.269 e. The van der Waals surface area contributed by atoms with Crippen LogP contribution in [0.25, 0.3) is 0 Å². The van der Waals surface area contributed by atoms with Crippen molar-refractivity contribution >= 4 is 25.7 Å². The number of fused-ring (bicyclic) bond motifs is 1. The number of para-hydroxylation sites is 2. The largest absolute Gasteiger partial charge is 0.482 e. The van der Waals surface area contributed by atoms with Crippen LogP contribution in [0.15, 0.2) is 54.7 Å². The highest BCUT2D eigenvalue weighted by Crippen LogP contribution is 2.47.